The SMILES string of the molecule is Cc1[nH]ncc1CN[C@@H]1CCc2nnc(C(C)C)n2C1. The van der Waals surface area contributed by atoms with Gasteiger partial charge < -0.3 is 9.88 Å². The molecule has 108 valence electrons. The third kappa shape index (κ3) is 2.47. The number of nitrogens with zero attached hydrogens (tertiary/aromatic N) is 4. The molecule has 0 amide bonds. The molecule has 0 saturated carbocycles. The van der Waals surface area contributed by atoms with Crippen molar-refractivity contribution in [2.45, 2.75) is 58.7 Å². The fourth-order valence-corrected chi connectivity index (χ4v) is 2.75. The minimum absolute atomic E-state index is 0.422. The molecule has 0 fully saturated rings. The number of hydrogen-bond donors (Lipinski definition) is 2. The van der Waals surface area contributed by atoms with Gasteiger partial charge in [0.25, 0.3) is 0 Å². The highest BCUT2D eigenvalue weighted by atomic mass is 15.3. The predicted octanol–water partition coefficient (Wildman–Crippen LogP) is 1.54. The van der Waals surface area contributed by atoms with Crippen LogP contribution in [-0.4, -0.2) is 31.0 Å². The number of rotatable bonds is 4. The lowest BCUT2D eigenvalue weighted by atomic mass is 10.1. The lowest BCUT2D eigenvalue weighted by Gasteiger charge is -2.26. The van der Waals surface area contributed by atoms with E-state index >= 15 is 0 Å². The van der Waals surface area contributed by atoms with Gasteiger partial charge in [0.1, 0.15) is 11.6 Å². The summed E-state index contributed by atoms with van der Waals surface area (Å²) in [6.07, 6.45) is 4.02. The Morgan fingerprint density at radius 1 is 1.45 bits per heavy atom. The third-order valence-electron chi connectivity index (χ3n) is 4.01. The van der Waals surface area contributed by atoms with Crippen molar-refractivity contribution < 1.29 is 0 Å². The standard InChI is InChI=1S/C14H22N6/c1-9(2)14-19-18-13-5-4-12(8-20(13)14)15-6-11-7-16-17-10(11)3/h7,9,12,15H,4-6,8H2,1-3H3,(H,16,17)/t12-/m1/s1. The van der Waals surface area contributed by atoms with Crippen molar-refractivity contribution in [2.24, 2.45) is 0 Å². The van der Waals surface area contributed by atoms with Crippen molar-refractivity contribution in [3.8, 4) is 0 Å². The van der Waals surface area contributed by atoms with E-state index in [1.54, 1.807) is 0 Å². The normalized spacial score (nSPS) is 18.5. The maximum absolute atomic E-state index is 4.33. The molecule has 2 aromatic rings. The Kier molecular flexibility index (Phi) is 3.56. The number of H-pyrrole nitrogens is 1. The molecular weight excluding hydrogens is 252 g/mol. The molecule has 0 unspecified atom stereocenters. The molecule has 2 N–H and O–H groups in total. The molecule has 3 heterocycles. The molecule has 1 aliphatic heterocycles. The Morgan fingerprint density at radius 2 is 2.30 bits per heavy atom. The van der Waals surface area contributed by atoms with Gasteiger partial charge in [-0.3, -0.25) is 5.10 Å². The maximum atomic E-state index is 4.33. The Balaban J connectivity index is 1.66. The van der Waals surface area contributed by atoms with E-state index in [-0.39, 0.29) is 0 Å². The average molecular weight is 274 g/mol. The van der Waals surface area contributed by atoms with Crippen LogP contribution < -0.4 is 5.32 Å². The van der Waals surface area contributed by atoms with E-state index in [4.69, 9.17) is 0 Å². The second kappa shape index (κ2) is 5.36. The number of hydrogen-bond acceptors (Lipinski definition) is 4. The summed E-state index contributed by atoms with van der Waals surface area (Å²) in [5.74, 6) is 2.66. The van der Waals surface area contributed by atoms with Gasteiger partial charge in [-0.2, -0.15) is 5.10 Å². The highest BCUT2D eigenvalue weighted by Gasteiger charge is 2.23. The molecule has 1 aliphatic rings. The van der Waals surface area contributed by atoms with Crippen molar-refractivity contribution in [1.82, 2.24) is 30.3 Å². The molecule has 0 aliphatic carbocycles. The number of nitrogens with one attached hydrogen (secondary N) is 2. The van der Waals surface area contributed by atoms with Crippen LogP contribution in [0.5, 0.6) is 0 Å². The Hall–Kier alpha value is -1.69. The summed E-state index contributed by atoms with van der Waals surface area (Å²) in [5.41, 5.74) is 2.38. The molecule has 0 radical (unpaired) electrons. The first kappa shape index (κ1) is 13.3. The summed E-state index contributed by atoms with van der Waals surface area (Å²) < 4.78 is 2.29. The second-order valence-electron chi connectivity index (χ2n) is 5.88. The largest absolute Gasteiger partial charge is 0.313 e. The molecule has 3 rings (SSSR count). The van der Waals surface area contributed by atoms with Crippen LogP contribution in [0.2, 0.25) is 0 Å². The first-order valence-electron chi connectivity index (χ1n) is 7.29. The van der Waals surface area contributed by atoms with Crippen molar-refractivity contribution >= 4 is 0 Å². The van der Waals surface area contributed by atoms with Crippen molar-refractivity contribution in [1.29, 1.82) is 0 Å². The van der Waals surface area contributed by atoms with Crippen LogP contribution in [-0.2, 0) is 19.5 Å². The molecule has 1 atom stereocenters. The topological polar surface area (TPSA) is 71.4 Å². The number of fused-ring (bicyclic) bond motifs is 1. The van der Waals surface area contributed by atoms with Crippen LogP contribution in [0, 0.1) is 6.92 Å². The van der Waals surface area contributed by atoms with Crippen LogP contribution in [0.1, 0.15) is 49.1 Å². The molecule has 6 nitrogen and oxygen atoms in total. The molecule has 0 aromatic carbocycles. The zero-order chi connectivity index (χ0) is 14.1. The fraction of sp³-hybridized carbons (Fsp3) is 0.643. The summed E-state index contributed by atoms with van der Waals surface area (Å²) in [6.45, 7) is 8.22. The highest BCUT2D eigenvalue weighted by Crippen LogP contribution is 2.20. The molecule has 0 spiro atoms. The lowest BCUT2D eigenvalue weighted by molar-refractivity contribution is 0.370. The van der Waals surface area contributed by atoms with Gasteiger partial charge in [0.15, 0.2) is 0 Å². The first-order valence-corrected chi connectivity index (χ1v) is 7.29. The predicted molar refractivity (Wildman–Crippen MR) is 76.4 cm³/mol. The van der Waals surface area contributed by atoms with E-state index in [1.165, 1.54) is 5.56 Å². The van der Waals surface area contributed by atoms with E-state index in [2.05, 4.69) is 51.0 Å². The quantitative estimate of drug-likeness (QED) is 0.887. The number of aromatic nitrogens is 5. The average Bonchev–Trinajstić information content (AvgIpc) is 3.02. The summed E-state index contributed by atoms with van der Waals surface area (Å²) in [4.78, 5) is 0. The van der Waals surface area contributed by atoms with Crippen molar-refractivity contribution in [2.75, 3.05) is 0 Å². The van der Waals surface area contributed by atoms with Gasteiger partial charge in [-0.25, -0.2) is 0 Å². The van der Waals surface area contributed by atoms with Crippen LogP contribution in [0.3, 0.4) is 0 Å². The molecular formula is C14H22N6. The summed E-state index contributed by atoms with van der Waals surface area (Å²) in [6, 6.07) is 0.477. The fourth-order valence-electron chi connectivity index (χ4n) is 2.75. The Morgan fingerprint density at radius 3 is 3.00 bits per heavy atom. The third-order valence-corrected chi connectivity index (χ3v) is 4.01. The van der Waals surface area contributed by atoms with Gasteiger partial charge in [-0.15, -0.1) is 10.2 Å². The van der Waals surface area contributed by atoms with Crippen molar-refractivity contribution in [3.05, 3.63) is 29.1 Å². The van der Waals surface area contributed by atoms with Crippen LogP contribution in [0.25, 0.3) is 0 Å². The highest BCUT2D eigenvalue weighted by molar-refractivity contribution is 5.14. The number of aromatic amines is 1. The van der Waals surface area contributed by atoms with Crippen LogP contribution >= 0.6 is 0 Å². The maximum Gasteiger partial charge on any atom is 0.135 e. The smallest absolute Gasteiger partial charge is 0.135 e. The number of aryl methyl sites for hydroxylation is 2. The van der Waals surface area contributed by atoms with E-state index in [0.717, 1.165) is 43.3 Å². The molecule has 0 saturated heterocycles. The zero-order valence-electron chi connectivity index (χ0n) is 12.3. The molecule has 2 aromatic heterocycles. The second-order valence-corrected chi connectivity index (χ2v) is 5.88. The van der Waals surface area contributed by atoms with E-state index < -0.39 is 0 Å². The van der Waals surface area contributed by atoms with Gasteiger partial charge in [0, 0.05) is 42.7 Å². The molecule has 0 bridgehead atoms. The van der Waals surface area contributed by atoms with Crippen molar-refractivity contribution in [3.63, 3.8) is 0 Å². The summed E-state index contributed by atoms with van der Waals surface area (Å²) in [5, 5.41) is 19.3. The first-order chi connectivity index (χ1) is 9.65. The van der Waals surface area contributed by atoms with E-state index in [1.807, 2.05) is 6.20 Å². The zero-order valence-corrected chi connectivity index (χ0v) is 12.3. The lowest BCUT2D eigenvalue weighted by Crippen LogP contribution is -2.37. The van der Waals surface area contributed by atoms with Gasteiger partial charge in [-0.1, -0.05) is 13.8 Å². The van der Waals surface area contributed by atoms with E-state index in [0.29, 0.717) is 12.0 Å². The minimum atomic E-state index is 0.422. The summed E-state index contributed by atoms with van der Waals surface area (Å²) in [7, 11) is 0. The Labute approximate surface area is 119 Å². The molecule has 6 heteroatoms. The molecule has 20 heavy (non-hydrogen) atoms. The summed E-state index contributed by atoms with van der Waals surface area (Å²) >= 11 is 0. The Bertz CT molecular complexity index is 582. The van der Waals surface area contributed by atoms with E-state index in [9.17, 15) is 0 Å². The van der Waals surface area contributed by atoms with Crippen LogP contribution in [0.15, 0.2) is 6.20 Å². The van der Waals surface area contributed by atoms with Gasteiger partial charge in [0.05, 0.1) is 6.20 Å². The minimum Gasteiger partial charge on any atom is -0.313 e. The van der Waals surface area contributed by atoms with Gasteiger partial charge in [0.2, 0.25) is 0 Å². The monoisotopic (exact) mass is 274 g/mol. The van der Waals surface area contributed by atoms with Gasteiger partial charge in [-0.05, 0) is 13.3 Å². The van der Waals surface area contributed by atoms with Gasteiger partial charge >= 0.3 is 0 Å². The van der Waals surface area contributed by atoms with Crippen LogP contribution in [0.4, 0.5) is 0 Å².